The first-order valence-corrected chi connectivity index (χ1v) is 9.46. The first-order chi connectivity index (χ1) is 12.9. The maximum atomic E-state index is 12.2. The molecule has 2 rings (SSSR count). The third-order valence-electron chi connectivity index (χ3n) is 3.40. The molecule has 8 nitrogen and oxygen atoms in total. The quantitative estimate of drug-likeness (QED) is 0.554. The van der Waals surface area contributed by atoms with Crippen LogP contribution in [0.2, 0.25) is 0 Å². The van der Waals surface area contributed by atoms with E-state index in [1.54, 1.807) is 43.5 Å². The summed E-state index contributed by atoms with van der Waals surface area (Å²) in [5.41, 5.74) is 5.32. The number of methoxy groups -OCH3 is 1. The number of hydrogen-bond acceptors (Lipinski definition) is 6. The number of rotatable bonds is 7. The summed E-state index contributed by atoms with van der Waals surface area (Å²) in [6, 6.07) is 10.5. The Morgan fingerprint density at radius 2 is 1.74 bits per heavy atom. The van der Waals surface area contributed by atoms with Crippen LogP contribution in [0.3, 0.4) is 0 Å². The van der Waals surface area contributed by atoms with Crippen molar-refractivity contribution in [2.24, 2.45) is 0 Å². The molecule has 0 atom stereocenters. The number of carbonyl (C=O) groups is 3. The summed E-state index contributed by atoms with van der Waals surface area (Å²) in [6.07, 6.45) is 0. The molecule has 3 N–H and O–H groups in total. The highest BCUT2D eigenvalue weighted by Crippen LogP contribution is 2.22. The molecule has 0 spiro atoms. The molecule has 2 aromatic rings. The first-order valence-electron chi connectivity index (χ1n) is 7.85. The number of hydrogen-bond donors (Lipinski definition) is 3. The van der Waals surface area contributed by atoms with E-state index in [4.69, 9.17) is 4.74 Å². The molecule has 27 heavy (non-hydrogen) atoms. The van der Waals surface area contributed by atoms with Crippen LogP contribution in [0.1, 0.15) is 9.67 Å². The van der Waals surface area contributed by atoms with Gasteiger partial charge in [-0.2, -0.15) is 0 Å². The van der Waals surface area contributed by atoms with Crippen LogP contribution in [0.4, 0.5) is 5.69 Å². The van der Waals surface area contributed by atoms with Crippen LogP contribution < -0.4 is 20.9 Å². The minimum Gasteiger partial charge on any atom is -0.497 e. The van der Waals surface area contributed by atoms with Crippen LogP contribution >= 0.6 is 27.3 Å². The first kappa shape index (κ1) is 20.7. The SMILES string of the molecule is COc1ccc(NCC(=O)NNC(=O)CN(C)C(=O)c2ccc(Br)s2)cc1. The van der Waals surface area contributed by atoms with Crippen LogP contribution in [-0.4, -0.2) is 49.9 Å². The molecule has 0 aliphatic heterocycles. The number of nitrogens with one attached hydrogen (secondary N) is 3. The molecule has 1 heterocycles. The Morgan fingerprint density at radius 1 is 1.07 bits per heavy atom. The molecule has 1 aromatic carbocycles. The fourth-order valence-electron chi connectivity index (χ4n) is 2.02. The summed E-state index contributed by atoms with van der Waals surface area (Å²) in [4.78, 5) is 37.6. The monoisotopic (exact) mass is 454 g/mol. The number of hydrazine groups is 1. The van der Waals surface area contributed by atoms with Crippen molar-refractivity contribution in [2.75, 3.05) is 32.6 Å². The lowest BCUT2D eigenvalue weighted by Gasteiger charge is -2.16. The zero-order valence-corrected chi connectivity index (χ0v) is 17.1. The Labute approximate surface area is 169 Å². The zero-order valence-electron chi connectivity index (χ0n) is 14.7. The maximum Gasteiger partial charge on any atom is 0.264 e. The fraction of sp³-hybridized carbons (Fsp3) is 0.235. The summed E-state index contributed by atoms with van der Waals surface area (Å²) in [5.74, 6) is -0.478. The summed E-state index contributed by atoms with van der Waals surface area (Å²) in [6.45, 7) is -0.203. The van der Waals surface area contributed by atoms with Crippen molar-refractivity contribution in [3.8, 4) is 5.75 Å². The van der Waals surface area contributed by atoms with Crippen LogP contribution in [0.5, 0.6) is 5.75 Å². The van der Waals surface area contributed by atoms with Crippen LogP contribution in [0.15, 0.2) is 40.2 Å². The molecule has 0 saturated heterocycles. The number of amides is 3. The van der Waals surface area contributed by atoms with Gasteiger partial charge >= 0.3 is 0 Å². The molecule has 0 aliphatic rings. The summed E-state index contributed by atoms with van der Waals surface area (Å²) < 4.78 is 5.89. The van der Waals surface area contributed by atoms with E-state index < -0.39 is 11.8 Å². The molecule has 144 valence electrons. The molecular weight excluding hydrogens is 436 g/mol. The van der Waals surface area contributed by atoms with Crippen molar-refractivity contribution >= 4 is 50.7 Å². The fourth-order valence-corrected chi connectivity index (χ4v) is 3.40. The molecular formula is C17H19BrN4O4S. The van der Waals surface area contributed by atoms with Crippen molar-refractivity contribution < 1.29 is 19.1 Å². The van der Waals surface area contributed by atoms with Gasteiger partial charge in [0.25, 0.3) is 17.7 Å². The lowest BCUT2D eigenvalue weighted by Crippen LogP contribution is -2.48. The second kappa shape index (κ2) is 9.93. The maximum absolute atomic E-state index is 12.2. The Kier molecular flexibility index (Phi) is 7.62. The Morgan fingerprint density at radius 3 is 2.33 bits per heavy atom. The van der Waals surface area contributed by atoms with Gasteiger partial charge in [-0.05, 0) is 52.3 Å². The number of ether oxygens (including phenoxy) is 1. The number of nitrogens with zero attached hydrogens (tertiary/aromatic N) is 1. The molecule has 0 unspecified atom stereocenters. The van der Waals surface area contributed by atoms with Gasteiger partial charge in [-0.25, -0.2) is 0 Å². The van der Waals surface area contributed by atoms with Gasteiger partial charge in [0.2, 0.25) is 0 Å². The van der Waals surface area contributed by atoms with Crippen LogP contribution in [0.25, 0.3) is 0 Å². The predicted molar refractivity (Wildman–Crippen MR) is 107 cm³/mol. The molecule has 0 saturated carbocycles. The largest absolute Gasteiger partial charge is 0.497 e. The lowest BCUT2D eigenvalue weighted by molar-refractivity contribution is -0.128. The summed E-state index contributed by atoms with van der Waals surface area (Å²) in [7, 11) is 3.09. The number of carbonyl (C=O) groups excluding carboxylic acids is 3. The third-order valence-corrected chi connectivity index (χ3v) is 5.01. The smallest absolute Gasteiger partial charge is 0.264 e. The van der Waals surface area contributed by atoms with Crippen molar-refractivity contribution in [3.63, 3.8) is 0 Å². The van der Waals surface area contributed by atoms with Crippen molar-refractivity contribution in [3.05, 3.63) is 45.1 Å². The van der Waals surface area contributed by atoms with Crippen LogP contribution in [0, 0.1) is 0 Å². The van der Waals surface area contributed by atoms with Gasteiger partial charge in [-0.3, -0.25) is 25.2 Å². The summed E-state index contributed by atoms with van der Waals surface area (Å²) >= 11 is 4.57. The predicted octanol–water partition coefficient (Wildman–Crippen LogP) is 1.85. The Bertz CT molecular complexity index is 810. The van der Waals surface area contributed by atoms with E-state index in [1.165, 1.54) is 23.3 Å². The molecule has 0 bridgehead atoms. The standard InChI is InChI=1S/C17H19BrN4O4S/c1-22(17(25)13-7-8-14(18)27-13)10-16(24)21-20-15(23)9-19-11-3-5-12(26-2)6-4-11/h3-8,19H,9-10H2,1-2H3,(H,20,23)(H,21,24). The van der Waals surface area contributed by atoms with Gasteiger partial charge in [-0.1, -0.05) is 0 Å². The lowest BCUT2D eigenvalue weighted by atomic mass is 10.3. The van der Waals surface area contributed by atoms with Gasteiger partial charge in [0.15, 0.2) is 0 Å². The van der Waals surface area contributed by atoms with Gasteiger partial charge in [0.1, 0.15) is 12.3 Å². The average molecular weight is 455 g/mol. The number of benzene rings is 1. The van der Waals surface area contributed by atoms with Gasteiger partial charge in [0.05, 0.1) is 22.3 Å². The van der Waals surface area contributed by atoms with E-state index in [2.05, 4.69) is 32.1 Å². The zero-order chi connectivity index (χ0) is 19.8. The summed E-state index contributed by atoms with van der Waals surface area (Å²) in [5, 5.41) is 2.92. The second-order valence-electron chi connectivity index (χ2n) is 5.44. The van der Waals surface area contributed by atoms with Crippen molar-refractivity contribution in [1.82, 2.24) is 15.8 Å². The van der Waals surface area contributed by atoms with Crippen molar-refractivity contribution in [2.45, 2.75) is 0 Å². The van der Waals surface area contributed by atoms with Gasteiger partial charge in [0, 0.05) is 12.7 Å². The van der Waals surface area contributed by atoms with Crippen LogP contribution in [-0.2, 0) is 9.59 Å². The number of thiophene rings is 1. The molecule has 1 aromatic heterocycles. The van der Waals surface area contributed by atoms with Gasteiger partial charge < -0.3 is 15.0 Å². The molecule has 0 radical (unpaired) electrons. The minimum absolute atomic E-state index is 0.0232. The average Bonchev–Trinajstić information content (AvgIpc) is 3.10. The normalized spacial score (nSPS) is 10.0. The second-order valence-corrected chi connectivity index (χ2v) is 7.91. The minimum atomic E-state index is -0.501. The Balaban J connectivity index is 1.70. The molecule has 0 aliphatic carbocycles. The highest BCUT2D eigenvalue weighted by atomic mass is 79.9. The highest BCUT2D eigenvalue weighted by molar-refractivity contribution is 9.11. The molecule has 3 amide bonds. The van der Waals surface area contributed by atoms with E-state index in [9.17, 15) is 14.4 Å². The molecule has 0 fully saturated rings. The third kappa shape index (κ3) is 6.57. The van der Waals surface area contributed by atoms with E-state index in [0.717, 1.165) is 9.47 Å². The van der Waals surface area contributed by atoms with E-state index in [0.29, 0.717) is 10.6 Å². The van der Waals surface area contributed by atoms with E-state index in [-0.39, 0.29) is 19.0 Å². The number of anilines is 1. The highest BCUT2D eigenvalue weighted by Gasteiger charge is 2.16. The number of likely N-dealkylation sites (N-methyl/N-ethyl adjacent to an activating group) is 1. The van der Waals surface area contributed by atoms with Crippen molar-refractivity contribution in [1.29, 1.82) is 0 Å². The number of halogens is 1. The topological polar surface area (TPSA) is 99.8 Å². The molecule has 10 heteroatoms. The van der Waals surface area contributed by atoms with E-state index >= 15 is 0 Å². The Hall–Kier alpha value is -2.59. The van der Waals surface area contributed by atoms with E-state index in [1.807, 2.05) is 0 Å². The van der Waals surface area contributed by atoms with Gasteiger partial charge in [-0.15, -0.1) is 11.3 Å².